The highest BCUT2D eigenvalue weighted by Crippen LogP contribution is 2.13. The molecule has 2 nitrogen and oxygen atoms in total. The molecule has 0 fully saturated rings. The lowest BCUT2D eigenvalue weighted by atomic mass is 10.0. The zero-order valence-corrected chi connectivity index (χ0v) is 12.8. The molecule has 0 aromatic carbocycles. The van der Waals surface area contributed by atoms with Crippen molar-refractivity contribution in [2.45, 2.75) is 96.6 Å². The third-order valence-electron chi connectivity index (χ3n) is 3.91. The molecule has 1 aliphatic rings. The van der Waals surface area contributed by atoms with Crippen LogP contribution in [0.25, 0.3) is 0 Å². The van der Waals surface area contributed by atoms with Gasteiger partial charge in [-0.25, -0.2) is 0 Å². The maximum absolute atomic E-state index is 5.36. The Balaban J connectivity index is 1.67. The molecule has 1 atom stereocenters. The fourth-order valence-electron chi connectivity index (χ4n) is 2.64. The largest absolute Gasteiger partial charge is 0.477 e. The standard InChI is InChI=1S/C17H33NO/c1-2-3-4-5-6-7-8-9-10-11-12-13-14-17-18-15-16-19-17/h15-18H,2-14H2,1H3. The molecule has 0 saturated heterocycles. The SMILES string of the molecule is CCCCCCCCCCCCCCC1NC=CO1. The van der Waals surface area contributed by atoms with Gasteiger partial charge in [0.15, 0.2) is 6.23 Å². The molecule has 1 N–H and O–H groups in total. The summed E-state index contributed by atoms with van der Waals surface area (Å²) in [5.41, 5.74) is 0. The molecule has 0 aliphatic carbocycles. The summed E-state index contributed by atoms with van der Waals surface area (Å²) in [6.45, 7) is 2.28. The van der Waals surface area contributed by atoms with Crippen molar-refractivity contribution in [3.8, 4) is 0 Å². The number of nitrogens with one attached hydrogen (secondary N) is 1. The Morgan fingerprint density at radius 1 is 0.789 bits per heavy atom. The average molecular weight is 267 g/mol. The summed E-state index contributed by atoms with van der Waals surface area (Å²) in [4.78, 5) is 0. The third kappa shape index (κ3) is 9.86. The fourth-order valence-corrected chi connectivity index (χ4v) is 2.64. The smallest absolute Gasteiger partial charge is 0.168 e. The fraction of sp³-hybridized carbons (Fsp3) is 0.882. The van der Waals surface area contributed by atoms with E-state index in [1.807, 2.05) is 6.20 Å². The van der Waals surface area contributed by atoms with Crippen molar-refractivity contribution in [3.63, 3.8) is 0 Å². The van der Waals surface area contributed by atoms with Crippen molar-refractivity contribution in [1.29, 1.82) is 0 Å². The van der Waals surface area contributed by atoms with E-state index in [2.05, 4.69) is 12.2 Å². The van der Waals surface area contributed by atoms with Crippen LogP contribution in [0, 0.1) is 0 Å². The molecule has 1 heterocycles. The molecule has 2 heteroatoms. The Hall–Kier alpha value is -0.660. The van der Waals surface area contributed by atoms with Crippen molar-refractivity contribution < 1.29 is 4.74 Å². The first-order valence-electron chi connectivity index (χ1n) is 8.50. The normalized spacial score (nSPS) is 17.4. The molecule has 0 aromatic rings. The van der Waals surface area contributed by atoms with Crippen molar-refractivity contribution in [2.24, 2.45) is 0 Å². The molecule has 0 radical (unpaired) electrons. The Kier molecular flexibility index (Phi) is 10.7. The Bertz CT molecular complexity index is 207. The van der Waals surface area contributed by atoms with E-state index in [4.69, 9.17) is 4.74 Å². The number of ether oxygens (including phenoxy) is 1. The number of unbranched alkanes of at least 4 members (excludes halogenated alkanes) is 11. The molecular weight excluding hydrogens is 234 g/mol. The summed E-state index contributed by atoms with van der Waals surface area (Å²) in [6, 6.07) is 0. The number of hydrogen-bond donors (Lipinski definition) is 1. The lowest BCUT2D eigenvalue weighted by Gasteiger charge is -2.10. The summed E-state index contributed by atoms with van der Waals surface area (Å²) in [5.74, 6) is 0. The van der Waals surface area contributed by atoms with Gasteiger partial charge >= 0.3 is 0 Å². The van der Waals surface area contributed by atoms with Crippen LogP contribution < -0.4 is 5.32 Å². The van der Waals surface area contributed by atoms with E-state index in [1.54, 1.807) is 6.26 Å². The minimum atomic E-state index is 0.253. The molecule has 1 unspecified atom stereocenters. The highest BCUT2D eigenvalue weighted by molar-refractivity contribution is 4.81. The minimum absolute atomic E-state index is 0.253. The molecule has 1 rings (SSSR count). The quantitative estimate of drug-likeness (QED) is 0.445. The Labute approximate surface area is 120 Å². The van der Waals surface area contributed by atoms with Crippen LogP contribution in [0.15, 0.2) is 12.5 Å². The lowest BCUT2D eigenvalue weighted by molar-refractivity contribution is 0.139. The van der Waals surface area contributed by atoms with Gasteiger partial charge in [0.05, 0.1) is 0 Å². The van der Waals surface area contributed by atoms with Gasteiger partial charge in [-0.2, -0.15) is 0 Å². The van der Waals surface area contributed by atoms with E-state index in [9.17, 15) is 0 Å². The van der Waals surface area contributed by atoms with Crippen molar-refractivity contribution in [3.05, 3.63) is 12.5 Å². The van der Waals surface area contributed by atoms with E-state index < -0.39 is 0 Å². The second-order valence-corrected chi connectivity index (χ2v) is 5.77. The van der Waals surface area contributed by atoms with Crippen molar-refractivity contribution in [1.82, 2.24) is 5.32 Å². The van der Waals surface area contributed by atoms with Crippen LogP contribution in [0.2, 0.25) is 0 Å². The van der Waals surface area contributed by atoms with Gasteiger partial charge in [0.25, 0.3) is 0 Å². The van der Waals surface area contributed by atoms with E-state index >= 15 is 0 Å². The van der Waals surface area contributed by atoms with E-state index in [0.717, 1.165) is 6.42 Å². The zero-order chi connectivity index (χ0) is 13.6. The molecule has 19 heavy (non-hydrogen) atoms. The van der Waals surface area contributed by atoms with E-state index in [-0.39, 0.29) is 6.23 Å². The van der Waals surface area contributed by atoms with Gasteiger partial charge in [-0.1, -0.05) is 77.6 Å². The van der Waals surface area contributed by atoms with Gasteiger partial charge in [-0.05, 0) is 6.42 Å². The second kappa shape index (κ2) is 12.4. The first-order valence-corrected chi connectivity index (χ1v) is 8.50. The summed E-state index contributed by atoms with van der Waals surface area (Å²) in [7, 11) is 0. The van der Waals surface area contributed by atoms with Crippen LogP contribution >= 0.6 is 0 Å². The minimum Gasteiger partial charge on any atom is -0.477 e. The van der Waals surface area contributed by atoms with Crippen LogP contribution in [-0.2, 0) is 4.74 Å². The number of rotatable bonds is 13. The molecule has 0 bridgehead atoms. The highest BCUT2D eigenvalue weighted by Gasteiger charge is 2.08. The molecular formula is C17H33NO. The molecule has 112 valence electrons. The van der Waals surface area contributed by atoms with Gasteiger partial charge in [0.1, 0.15) is 6.26 Å². The molecule has 0 amide bonds. The Morgan fingerprint density at radius 2 is 1.32 bits per heavy atom. The summed E-state index contributed by atoms with van der Waals surface area (Å²) < 4.78 is 5.36. The first-order chi connectivity index (χ1) is 9.43. The van der Waals surface area contributed by atoms with Gasteiger partial charge in [-0.15, -0.1) is 0 Å². The first kappa shape index (κ1) is 16.4. The van der Waals surface area contributed by atoms with Crippen molar-refractivity contribution in [2.75, 3.05) is 0 Å². The van der Waals surface area contributed by atoms with Crippen LogP contribution in [-0.4, -0.2) is 6.23 Å². The maximum atomic E-state index is 5.36. The predicted molar refractivity (Wildman–Crippen MR) is 82.8 cm³/mol. The highest BCUT2D eigenvalue weighted by atomic mass is 16.5. The Morgan fingerprint density at radius 3 is 1.79 bits per heavy atom. The van der Waals surface area contributed by atoms with Crippen LogP contribution in [0.4, 0.5) is 0 Å². The van der Waals surface area contributed by atoms with Crippen LogP contribution in [0.1, 0.15) is 90.4 Å². The summed E-state index contributed by atoms with van der Waals surface area (Å²) in [5, 5.41) is 3.19. The molecule has 0 spiro atoms. The number of hydrogen-bond acceptors (Lipinski definition) is 2. The van der Waals surface area contributed by atoms with Crippen LogP contribution in [0.5, 0.6) is 0 Å². The van der Waals surface area contributed by atoms with E-state index in [1.165, 1.54) is 77.0 Å². The zero-order valence-electron chi connectivity index (χ0n) is 12.8. The molecule has 0 saturated carbocycles. The lowest BCUT2D eigenvalue weighted by Crippen LogP contribution is -2.20. The van der Waals surface area contributed by atoms with Crippen molar-refractivity contribution >= 4 is 0 Å². The average Bonchev–Trinajstić information content (AvgIpc) is 2.93. The van der Waals surface area contributed by atoms with Gasteiger partial charge in [0.2, 0.25) is 0 Å². The maximum Gasteiger partial charge on any atom is 0.168 e. The molecule has 0 aromatic heterocycles. The van der Waals surface area contributed by atoms with Crippen LogP contribution in [0.3, 0.4) is 0 Å². The van der Waals surface area contributed by atoms with E-state index in [0.29, 0.717) is 0 Å². The van der Waals surface area contributed by atoms with Gasteiger partial charge in [0, 0.05) is 12.6 Å². The predicted octanol–water partition coefficient (Wildman–Crippen LogP) is 5.49. The topological polar surface area (TPSA) is 21.3 Å². The third-order valence-corrected chi connectivity index (χ3v) is 3.91. The summed E-state index contributed by atoms with van der Waals surface area (Å²) >= 11 is 0. The van der Waals surface area contributed by atoms with Gasteiger partial charge in [-0.3, -0.25) is 0 Å². The second-order valence-electron chi connectivity index (χ2n) is 5.77. The summed E-state index contributed by atoms with van der Waals surface area (Å²) in [6.07, 6.45) is 22.0. The molecule has 1 aliphatic heterocycles. The van der Waals surface area contributed by atoms with Gasteiger partial charge < -0.3 is 10.1 Å². The monoisotopic (exact) mass is 267 g/mol.